The minimum absolute atomic E-state index is 0.0726. The molecule has 20 heavy (non-hydrogen) atoms. The van der Waals surface area contributed by atoms with Crippen LogP contribution in [0.25, 0.3) is 0 Å². The van der Waals surface area contributed by atoms with Crippen LogP contribution in [0.1, 0.15) is 37.9 Å². The minimum Gasteiger partial charge on any atom is -0.308 e. The Morgan fingerprint density at radius 3 is 2.30 bits per heavy atom. The van der Waals surface area contributed by atoms with Crippen LogP contribution in [-0.4, -0.2) is 26.8 Å². The van der Waals surface area contributed by atoms with Crippen molar-refractivity contribution in [2.75, 3.05) is 12.8 Å². The van der Waals surface area contributed by atoms with Crippen LogP contribution < -0.4 is 10.0 Å². The monoisotopic (exact) mass is 295 g/mol. The predicted octanol–water partition coefficient (Wildman–Crippen LogP) is 1.54. The first-order valence-corrected chi connectivity index (χ1v) is 8.24. The lowest BCUT2D eigenvalue weighted by Crippen LogP contribution is -2.50. The van der Waals surface area contributed by atoms with Gasteiger partial charge in [-0.1, -0.05) is 12.1 Å². The van der Waals surface area contributed by atoms with Gasteiger partial charge in [-0.3, -0.25) is 0 Å². The number of nitrogens with one attached hydrogen (secondary N) is 2. The Kier molecular flexibility index (Phi) is 5.28. The van der Waals surface area contributed by atoms with Gasteiger partial charge in [0.15, 0.2) is 0 Å². The van der Waals surface area contributed by atoms with Crippen molar-refractivity contribution in [1.82, 2.24) is 10.0 Å². The third-order valence-electron chi connectivity index (χ3n) is 2.85. The van der Waals surface area contributed by atoms with Crippen LogP contribution in [-0.2, 0) is 10.0 Å². The molecule has 110 valence electrons. The molecule has 5 nitrogen and oxygen atoms in total. The van der Waals surface area contributed by atoms with Crippen molar-refractivity contribution in [3.05, 3.63) is 35.4 Å². The molecule has 2 N–H and O–H groups in total. The van der Waals surface area contributed by atoms with Crippen LogP contribution >= 0.6 is 0 Å². The van der Waals surface area contributed by atoms with E-state index in [2.05, 4.69) is 16.1 Å². The molecule has 0 saturated heterocycles. The fraction of sp³-hybridized carbons (Fsp3) is 0.500. The SMILES string of the molecule is CC(NCC(C)(C)NS(C)(=O)=O)c1ccc(C#N)cc1. The van der Waals surface area contributed by atoms with Crippen LogP contribution in [0.4, 0.5) is 0 Å². The maximum absolute atomic E-state index is 11.3. The largest absolute Gasteiger partial charge is 0.308 e. The standard InChI is InChI=1S/C14H21N3O2S/c1-11(13-7-5-12(9-15)6-8-13)16-10-14(2,3)17-20(4,18)19/h5-8,11,16-17H,10H2,1-4H3. The summed E-state index contributed by atoms with van der Waals surface area (Å²) >= 11 is 0. The average molecular weight is 295 g/mol. The molecule has 1 rings (SSSR count). The summed E-state index contributed by atoms with van der Waals surface area (Å²) in [5, 5.41) is 12.0. The van der Waals surface area contributed by atoms with Crippen LogP contribution in [0.15, 0.2) is 24.3 Å². The van der Waals surface area contributed by atoms with Gasteiger partial charge in [-0.25, -0.2) is 13.1 Å². The van der Waals surface area contributed by atoms with Crippen molar-refractivity contribution in [1.29, 1.82) is 5.26 Å². The van der Waals surface area contributed by atoms with E-state index in [0.717, 1.165) is 11.8 Å². The van der Waals surface area contributed by atoms with Crippen molar-refractivity contribution in [3.8, 4) is 6.07 Å². The molecular weight excluding hydrogens is 274 g/mol. The molecule has 6 heteroatoms. The molecule has 0 bridgehead atoms. The summed E-state index contributed by atoms with van der Waals surface area (Å²) in [7, 11) is -3.23. The van der Waals surface area contributed by atoms with Gasteiger partial charge in [0.2, 0.25) is 10.0 Å². The van der Waals surface area contributed by atoms with Gasteiger partial charge < -0.3 is 5.32 Å². The van der Waals surface area contributed by atoms with Crippen molar-refractivity contribution in [3.63, 3.8) is 0 Å². The fourth-order valence-electron chi connectivity index (χ4n) is 1.91. The van der Waals surface area contributed by atoms with Gasteiger partial charge in [-0.15, -0.1) is 0 Å². The van der Waals surface area contributed by atoms with Crippen molar-refractivity contribution in [2.45, 2.75) is 32.4 Å². The lowest BCUT2D eigenvalue weighted by atomic mass is 10.0. The Morgan fingerprint density at radius 1 is 1.30 bits per heavy atom. The van der Waals surface area contributed by atoms with Gasteiger partial charge in [-0.05, 0) is 38.5 Å². The Labute approximate surface area is 121 Å². The number of hydrogen-bond acceptors (Lipinski definition) is 4. The van der Waals surface area contributed by atoms with E-state index in [1.807, 2.05) is 32.9 Å². The molecule has 0 fully saturated rings. The van der Waals surface area contributed by atoms with Crippen LogP contribution in [0.2, 0.25) is 0 Å². The lowest BCUT2D eigenvalue weighted by Gasteiger charge is -2.27. The molecule has 1 atom stereocenters. The van der Waals surface area contributed by atoms with Gasteiger partial charge in [0.1, 0.15) is 0 Å². The zero-order valence-electron chi connectivity index (χ0n) is 12.3. The molecule has 1 aromatic carbocycles. The normalized spacial score (nSPS) is 13.8. The lowest BCUT2D eigenvalue weighted by molar-refractivity contribution is 0.399. The maximum Gasteiger partial charge on any atom is 0.209 e. The second-order valence-electron chi connectivity index (χ2n) is 5.59. The summed E-state index contributed by atoms with van der Waals surface area (Å²) in [6, 6.07) is 9.49. The molecule has 0 radical (unpaired) electrons. The van der Waals surface area contributed by atoms with Gasteiger partial charge in [0, 0.05) is 18.1 Å². The molecule has 0 aliphatic carbocycles. The number of nitrogens with zero attached hydrogens (tertiary/aromatic N) is 1. The number of hydrogen-bond donors (Lipinski definition) is 2. The van der Waals surface area contributed by atoms with Crippen molar-refractivity contribution >= 4 is 10.0 Å². The van der Waals surface area contributed by atoms with Crippen molar-refractivity contribution in [2.24, 2.45) is 0 Å². The highest BCUT2D eigenvalue weighted by Crippen LogP contribution is 2.14. The van der Waals surface area contributed by atoms with Crippen LogP contribution in [0, 0.1) is 11.3 Å². The van der Waals surface area contributed by atoms with E-state index in [1.165, 1.54) is 0 Å². The zero-order valence-corrected chi connectivity index (χ0v) is 13.1. The van der Waals surface area contributed by atoms with Crippen molar-refractivity contribution < 1.29 is 8.42 Å². The number of nitriles is 1. The highest BCUT2D eigenvalue weighted by atomic mass is 32.2. The fourth-order valence-corrected chi connectivity index (χ4v) is 2.99. The maximum atomic E-state index is 11.3. The first kappa shape index (κ1) is 16.6. The van der Waals surface area contributed by atoms with Gasteiger partial charge in [-0.2, -0.15) is 5.26 Å². The quantitative estimate of drug-likeness (QED) is 0.834. The van der Waals surface area contributed by atoms with E-state index in [0.29, 0.717) is 12.1 Å². The molecule has 0 aliphatic rings. The van der Waals surface area contributed by atoms with E-state index >= 15 is 0 Å². The number of benzene rings is 1. The zero-order chi connectivity index (χ0) is 15.4. The van der Waals surface area contributed by atoms with E-state index in [-0.39, 0.29) is 6.04 Å². The first-order chi connectivity index (χ1) is 9.13. The first-order valence-electron chi connectivity index (χ1n) is 6.35. The molecule has 0 heterocycles. The van der Waals surface area contributed by atoms with E-state index < -0.39 is 15.6 Å². The summed E-state index contributed by atoms with van der Waals surface area (Å²) in [6.45, 7) is 6.15. The van der Waals surface area contributed by atoms with Crippen LogP contribution in [0.3, 0.4) is 0 Å². The van der Waals surface area contributed by atoms with Gasteiger partial charge in [0.05, 0.1) is 17.9 Å². The Hall–Kier alpha value is -1.42. The Balaban J connectivity index is 2.62. The smallest absolute Gasteiger partial charge is 0.209 e. The Bertz CT molecular complexity index is 586. The second-order valence-corrected chi connectivity index (χ2v) is 7.34. The third-order valence-corrected chi connectivity index (χ3v) is 3.78. The summed E-state index contributed by atoms with van der Waals surface area (Å²) in [4.78, 5) is 0. The molecule has 1 aromatic rings. The van der Waals surface area contributed by atoms with Gasteiger partial charge in [0.25, 0.3) is 0 Å². The van der Waals surface area contributed by atoms with Gasteiger partial charge >= 0.3 is 0 Å². The average Bonchev–Trinajstić information content (AvgIpc) is 2.33. The summed E-state index contributed by atoms with van der Waals surface area (Å²) in [5.74, 6) is 0. The molecule has 0 amide bonds. The molecular formula is C14H21N3O2S. The third kappa shape index (κ3) is 5.70. The molecule has 1 unspecified atom stereocenters. The Morgan fingerprint density at radius 2 is 1.85 bits per heavy atom. The molecule has 0 aliphatic heterocycles. The van der Waals surface area contributed by atoms with E-state index in [4.69, 9.17) is 5.26 Å². The second kappa shape index (κ2) is 6.35. The molecule has 0 spiro atoms. The summed E-state index contributed by atoms with van der Waals surface area (Å²) in [6.07, 6.45) is 1.15. The summed E-state index contributed by atoms with van der Waals surface area (Å²) < 4.78 is 25.1. The minimum atomic E-state index is -3.23. The molecule has 0 aromatic heterocycles. The molecule has 0 saturated carbocycles. The van der Waals surface area contributed by atoms with E-state index in [9.17, 15) is 8.42 Å². The topological polar surface area (TPSA) is 82.0 Å². The number of sulfonamides is 1. The van der Waals surface area contributed by atoms with Crippen LogP contribution in [0.5, 0.6) is 0 Å². The summed E-state index contributed by atoms with van der Waals surface area (Å²) in [5.41, 5.74) is 1.12. The number of rotatable bonds is 6. The highest BCUT2D eigenvalue weighted by Gasteiger charge is 2.22. The highest BCUT2D eigenvalue weighted by molar-refractivity contribution is 7.88. The predicted molar refractivity (Wildman–Crippen MR) is 79.6 cm³/mol. The van der Waals surface area contributed by atoms with E-state index in [1.54, 1.807) is 12.1 Å².